The van der Waals surface area contributed by atoms with Gasteiger partial charge < -0.3 is 51.7 Å². The Morgan fingerprint density at radius 3 is 2.39 bits per heavy atom. The molecule has 0 aliphatic carbocycles. The molecule has 0 unspecified atom stereocenters. The lowest BCUT2D eigenvalue weighted by atomic mass is 9.97. The highest BCUT2D eigenvalue weighted by Gasteiger charge is 2.42. The number of aromatic amines is 1. The zero-order valence-electron chi connectivity index (χ0n) is 33.7. The van der Waals surface area contributed by atoms with Gasteiger partial charge in [-0.15, -0.1) is 0 Å². The number of thioether (sulfide) groups is 1. The molecule has 1 aromatic carbocycles. The summed E-state index contributed by atoms with van der Waals surface area (Å²) >= 11 is 1.87. The van der Waals surface area contributed by atoms with E-state index in [0.717, 1.165) is 47.9 Å². The molecule has 7 atom stereocenters. The zero-order chi connectivity index (χ0) is 41.2. The molecule has 2 aromatic rings. The predicted molar refractivity (Wildman–Crippen MR) is 219 cm³/mol. The maximum atomic E-state index is 13.7. The molecule has 7 amide bonds. The van der Waals surface area contributed by atoms with Crippen LogP contribution in [0, 0.1) is 5.92 Å². The van der Waals surface area contributed by atoms with E-state index < -0.39 is 23.9 Å². The fourth-order valence-electron chi connectivity index (χ4n) is 6.77. The van der Waals surface area contributed by atoms with Crippen LogP contribution < -0.4 is 37.2 Å². The minimum Gasteiger partial charge on any atom is -0.379 e. The van der Waals surface area contributed by atoms with Gasteiger partial charge in [0.05, 0.1) is 45.1 Å². The minimum atomic E-state index is -1.01. The van der Waals surface area contributed by atoms with Crippen LogP contribution in [-0.2, 0) is 39.9 Å². The summed E-state index contributed by atoms with van der Waals surface area (Å²) in [5, 5.41) is 21.3. The van der Waals surface area contributed by atoms with E-state index in [4.69, 9.17) is 9.47 Å². The molecular weight excluding hydrogens is 753 g/mol. The topological polar surface area (TPSA) is 221 Å². The summed E-state index contributed by atoms with van der Waals surface area (Å²) in [6.45, 7) is 8.76. The molecule has 316 valence electrons. The Kier molecular flexibility index (Phi) is 18.9. The third-order valence-corrected chi connectivity index (χ3v) is 12.0. The van der Waals surface area contributed by atoms with Crippen molar-refractivity contribution in [3.05, 3.63) is 36.0 Å². The van der Waals surface area contributed by atoms with Crippen molar-refractivity contribution in [2.24, 2.45) is 5.92 Å². The van der Waals surface area contributed by atoms with Crippen LogP contribution in [0.3, 0.4) is 0 Å². The van der Waals surface area contributed by atoms with Crippen LogP contribution >= 0.6 is 11.8 Å². The number of hydrogen-bond donors (Lipinski definition) is 8. The van der Waals surface area contributed by atoms with Crippen LogP contribution in [0.15, 0.2) is 30.5 Å². The van der Waals surface area contributed by atoms with Gasteiger partial charge in [-0.25, -0.2) is 4.79 Å². The zero-order valence-corrected chi connectivity index (χ0v) is 34.5. The molecule has 2 saturated heterocycles. The molecule has 0 bridgehead atoms. The molecule has 1 aromatic heterocycles. The van der Waals surface area contributed by atoms with E-state index in [1.807, 2.05) is 63.7 Å². The highest BCUT2D eigenvalue weighted by atomic mass is 32.2. The quantitative estimate of drug-likeness (QED) is 0.0514. The Bertz CT molecular complexity index is 1640. The number of hydrogen-bond acceptors (Lipinski definition) is 9. The smallest absolute Gasteiger partial charge is 0.315 e. The first kappa shape index (κ1) is 45.4. The Morgan fingerprint density at radius 2 is 1.61 bits per heavy atom. The van der Waals surface area contributed by atoms with E-state index in [-0.39, 0.29) is 80.4 Å². The van der Waals surface area contributed by atoms with E-state index in [0.29, 0.717) is 37.9 Å². The van der Waals surface area contributed by atoms with Gasteiger partial charge in [0.1, 0.15) is 12.1 Å². The Labute approximate surface area is 339 Å². The molecule has 0 saturated carbocycles. The molecule has 57 heavy (non-hydrogen) atoms. The van der Waals surface area contributed by atoms with Crippen molar-refractivity contribution in [1.82, 2.24) is 42.2 Å². The molecule has 0 spiro atoms. The first-order valence-corrected chi connectivity index (χ1v) is 21.4. The van der Waals surface area contributed by atoms with Crippen molar-refractivity contribution in [3.8, 4) is 0 Å². The Hall–Kier alpha value is -4.35. The van der Waals surface area contributed by atoms with Crippen LogP contribution in [0.5, 0.6) is 0 Å². The maximum absolute atomic E-state index is 13.7. The first-order chi connectivity index (χ1) is 27.5. The van der Waals surface area contributed by atoms with Crippen molar-refractivity contribution in [3.63, 3.8) is 0 Å². The normalized spacial score (nSPS) is 19.4. The molecule has 3 heterocycles. The standard InChI is InChI=1S/C40H62N8O8S/c1-5-25(3)36(39(53)45-30(38(52)43-23-35(51)44-26(4)6-2)21-27-22-42-29-12-8-7-11-28(27)29)47-34(50)15-17-55-19-20-56-18-16-41-33(49)14-10-9-13-32-37-31(24-57-32)46-40(54)48-37/h7-8,11-12,22,25-26,30-32,36-37,42H,5-6,9-10,13-21,23-24H2,1-4H3,(H,41,49)(H,43,52)(H,44,51)(H,45,53)(H,47,50)(H2,46,48,54)/t25-,26+,30-,31-,32-,36-,37-/m0/s1. The Morgan fingerprint density at radius 1 is 0.842 bits per heavy atom. The largest absolute Gasteiger partial charge is 0.379 e. The average molecular weight is 815 g/mol. The number of benzene rings is 1. The number of H-pyrrole nitrogens is 1. The predicted octanol–water partition coefficient (Wildman–Crippen LogP) is 2.02. The molecule has 2 aliphatic heterocycles. The molecule has 8 N–H and O–H groups in total. The maximum Gasteiger partial charge on any atom is 0.315 e. The molecule has 2 aliphatic rings. The van der Waals surface area contributed by atoms with Crippen LogP contribution in [0.4, 0.5) is 4.79 Å². The van der Waals surface area contributed by atoms with Crippen LogP contribution in [0.2, 0.25) is 0 Å². The summed E-state index contributed by atoms with van der Waals surface area (Å²) in [5.41, 5.74) is 1.72. The lowest BCUT2D eigenvalue weighted by Crippen LogP contribution is -2.57. The van der Waals surface area contributed by atoms with Gasteiger partial charge in [-0.3, -0.25) is 24.0 Å². The first-order valence-electron chi connectivity index (χ1n) is 20.3. The van der Waals surface area contributed by atoms with Gasteiger partial charge >= 0.3 is 6.03 Å². The third-order valence-electron chi connectivity index (χ3n) is 10.5. The molecule has 2 fully saturated rings. The molecule has 16 nitrogen and oxygen atoms in total. The number of para-hydroxylation sites is 1. The van der Waals surface area contributed by atoms with Crippen LogP contribution in [0.25, 0.3) is 10.9 Å². The highest BCUT2D eigenvalue weighted by Crippen LogP contribution is 2.33. The van der Waals surface area contributed by atoms with Crippen molar-refractivity contribution in [2.75, 3.05) is 45.3 Å². The van der Waals surface area contributed by atoms with Crippen molar-refractivity contribution >= 4 is 58.2 Å². The van der Waals surface area contributed by atoms with E-state index in [9.17, 15) is 28.8 Å². The number of urea groups is 1. The number of fused-ring (bicyclic) bond motifs is 2. The molecule has 17 heteroatoms. The summed E-state index contributed by atoms with van der Waals surface area (Å²) < 4.78 is 11.1. The summed E-state index contributed by atoms with van der Waals surface area (Å²) in [7, 11) is 0. The number of aromatic nitrogens is 1. The van der Waals surface area contributed by atoms with Gasteiger partial charge in [-0.2, -0.15) is 11.8 Å². The second kappa shape index (κ2) is 23.8. The van der Waals surface area contributed by atoms with Crippen LogP contribution in [-0.4, -0.2) is 121 Å². The fourth-order valence-corrected chi connectivity index (χ4v) is 8.31. The monoisotopic (exact) mass is 814 g/mol. The second-order valence-corrected chi connectivity index (χ2v) is 16.1. The number of carbonyl (C=O) groups excluding carboxylic acids is 6. The number of ether oxygens (including phenoxy) is 2. The summed E-state index contributed by atoms with van der Waals surface area (Å²) in [6, 6.07) is 6.00. The number of amides is 7. The van der Waals surface area contributed by atoms with Gasteiger partial charge in [0.15, 0.2) is 0 Å². The summed E-state index contributed by atoms with van der Waals surface area (Å²) in [5.74, 6) is -1.03. The fraction of sp³-hybridized carbons (Fsp3) is 0.650. The molecule has 0 radical (unpaired) electrons. The van der Waals surface area contributed by atoms with Crippen molar-refractivity contribution < 1.29 is 38.2 Å². The van der Waals surface area contributed by atoms with E-state index >= 15 is 0 Å². The lowest BCUT2D eigenvalue weighted by Gasteiger charge is -2.26. The van der Waals surface area contributed by atoms with Crippen molar-refractivity contribution in [2.45, 2.75) is 115 Å². The minimum absolute atomic E-state index is 0.0207. The van der Waals surface area contributed by atoms with Crippen LogP contribution in [0.1, 0.15) is 78.2 Å². The van der Waals surface area contributed by atoms with Gasteiger partial charge in [-0.1, -0.05) is 51.8 Å². The Balaban J connectivity index is 1.13. The molecular formula is C40H62N8O8S. The van der Waals surface area contributed by atoms with E-state index in [2.05, 4.69) is 42.2 Å². The average Bonchev–Trinajstić information content (AvgIpc) is 3.90. The van der Waals surface area contributed by atoms with Gasteiger partial charge in [0.2, 0.25) is 29.5 Å². The number of unbranched alkanes of at least 4 members (excludes halogenated alkanes) is 1. The SMILES string of the molecule is CC[C@@H](C)NC(=O)CNC(=O)[C@H](Cc1c[nH]c2ccccc12)NC(=O)[C@@H](NC(=O)CCOCCOCCNC(=O)CCCC[C@@H]1SC[C@@H]2NC(=O)N[C@@H]21)[C@@H](C)CC. The van der Waals surface area contributed by atoms with Gasteiger partial charge in [0.25, 0.3) is 0 Å². The van der Waals surface area contributed by atoms with E-state index in [1.54, 1.807) is 6.20 Å². The van der Waals surface area contributed by atoms with Gasteiger partial charge in [0, 0.05) is 60.0 Å². The third kappa shape index (κ3) is 14.8. The molecule has 4 rings (SSSR count). The van der Waals surface area contributed by atoms with Gasteiger partial charge in [-0.05, 0) is 43.7 Å². The van der Waals surface area contributed by atoms with E-state index in [1.165, 1.54) is 0 Å². The van der Waals surface area contributed by atoms with Crippen molar-refractivity contribution in [1.29, 1.82) is 0 Å². The lowest BCUT2D eigenvalue weighted by molar-refractivity contribution is -0.134. The number of carbonyl (C=O) groups is 6. The second-order valence-electron chi connectivity index (χ2n) is 14.8. The summed E-state index contributed by atoms with van der Waals surface area (Å²) in [6.07, 6.45) is 6.46. The highest BCUT2D eigenvalue weighted by molar-refractivity contribution is 8.00. The number of rotatable bonds is 26. The number of nitrogens with one attached hydrogen (secondary N) is 8. The summed E-state index contributed by atoms with van der Waals surface area (Å²) in [4.78, 5) is 79.5.